The van der Waals surface area contributed by atoms with Crippen LogP contribution in [0, 0.1) is 6.92 Å². The van der Waals surface area contributed by atoms with E-state index in [4.69, 9.17) is 18.9 Å². The number of benzene rings is 2. The third-order valence-electron chi connectivity index (χ3n) is 7.11. The molecule has 3 heterocycles. The van der Waals surface area contributed by atoms with Gasteiger partial charge in [-0.15, -0.1) is 0 Å². The molecular weight excluding hydrogens is 572 g/mol. The standard InChI is InChI=1S/C32H34N2O8S/c1-6-13-41-23-12-9-19(16-24(23)39-7-2)26-25(27(35)20-10-11-22-21(15-20)14-17(4)42-22)28(36)30(37)34(26)32-33-18(5)29(43-32)31(38)40-8-3/h9-12,15-17,26,35H,6-8,13-14H2,1-5H3/b27-25+/t17-,26+/m0/s1. The maximum absolute atomic E-state index is 13.7. The molecule has 43 heavy (non-hydrogen) atoms. The van der Waals surface area contributed by atoms with Gasteiger partial charge < -0.3 is 24.1 Å². The Bertz CT molecular complexity index is 1610. The minimum absolute atomic E-state index is 0.00913. The first-order valence-electron chi connectivity index (χ1n) is 14.3. The lowest BCUT2D eigenvalue weighted by Gasteiger charge is -2.24. The highest BCUT2D eigenvalue weighted by atomic mass is 32.1. The molecule has 3 aromatic rings. The predicted molar refractivity (Wildman–Crippen MR) is 161 cm³/mol. The monoisotopic (exact) mass is 606 g/mol. The zero-order valence-electron chi connectivity index (χ0n) is 24.8. The molecule has 1 fully saturated rings. The molecule has 0 unspecified atom stereocenters. The molecule has 2 atom stereocenters. The molecule has 2 aromatic carbocycles. The van der Waals surface area contributed by atoms with Crippen LogP contribution in [-0.4, -0.2) is 53.7 Å². The molecule has 2 aliphatic heterocycles. The Morgan fingerprint density at radius 2 is 1.88 bits per heavy atom. The summed E-state index contributed by atoms with van der Waals surface area (Å²) in [6.45, 7) is 10.1. The van der Waals surface area contributed by atoms with Gasteiger partial charge in [0.1, 0.15) is 22.5 Å². The van der Waals surface area contributed by atoms with Crippen LogP contribution in [0.25, 0.3) is 5.76 Å². The van der Waals surface area contributed by atoms with Gasteiger partial charge in [0.2, 0.25) is 0 Å². The number of amides is 1. The van der Waals surface area contributed by atoms with Crippen LogP contribution in [0.1, 0.15) is 72.2 Å². The first-order chi connectivity index (χ1) is 20.7. The summed E-state index contributed by atoms with van der Waals surface area (Å²) in [5.74, 6) is -0.966. The van der Waals surface area contributed by atoms with Crippen molar-refractivity contribution < 1.29 is 38.4 Å². The van der Waals surface area contributed by atoms with Gasteiger partial charge in [-0.1, -0.05) is 24.3 Å². The van der Waals surface area contributed by atoms with Crippen LogP contribution < -0.4 is 19.1 Å². The number of aliphatic hydroxyl groups excluding tert-OH is 1. The molecule has 5 rings (SSSR count). The number of thiazole rings is 1. The lowest BCUT2D eigenvalue weighted by Crippen LogP contribution is -2.29. The van der Waals surface area contributed by atoms with E-state index in [0.717, 1.165) is 29.1 Å². The van der Waals surface area contributed by atoms with Crippen LogP contribution in [0.5, 0.6) is 17.2 Å². The molecular formula is C32H34N2O8S. The highest BCUT2D eigenvalue weighted by Crippen LogP contribution is 2.46. The van der Waals surface area contributed by atoms with Crippen molar-refractivity contribution in [1.29, 1.82) is 0 Å². The van der Waals surface area contributed by atoms with Crippen molar-refractivity contribution in [3.63, 3.8) is 0 Å². The smallest absolute Gasteiger partial charge is 0.350 e. The Morgan fingerprint density at radius 1 is 1.09 bits per heavy atom. The van der Waals surface area contributed by atoms with Crippen LogP contribution in [0.15, 0.2) is 42.0 Å². The van der Waals surface area contributed by atoms with Gasteiger partial charge in [-0.3, -0.25) is 14.5 Å². The van der Waals surface area contributed by atoms with Crippen molar-refractivity contribution >= 4 is 39.9 Å². The molecule has 0 aliphatic carbocycles. The van der Waals surface area contributed by atoms with Crippen LogP contribution >= 0.6 is 11.3 Å². The number of hydrogen-bond acceptors (Lipinski definition) is 10. The molecule has 1 saturated heterocycles. The van der Waals surface area contributed by atoms with E-state index in [0.29, 0.717) is 48.0 Å². The normalized spacial score (nSPS) is 18.9. The molecule has 1 aromatic heterocycles. The third kappa shape index (κ3) is 5.69. The highest BCUT2D eigenvalue weighted by Gasteiger charge is 2.49. The number of fused-ring (bicyclic) bond motifs is 1. The number of aryl methyl sites for hydroxylation is 1. The van der Waals surface area contributed by atoms with Crippen LogP contribution in [0.3, 0.4) is 0 Å². The molecule has 0 bridgehead atoms. The summed E-state index contributed by atoms with van der Waals surface area (Å²) >= 11 is 0.954. The van der Waals surface area contributed by atoms with Crippen LogP contribution in [-0.2, 0) is 20.7 Å². The second-order valence-electron chi connectivity index (χ2n) is 10.2. The molecule has 10 nitrogen and oxygen atoms in total. The fourth-order valence-corrected chi connectivity index (χ4v) is 6.22. The number of Topliss-reactive ketones (excluding diaryl/α,β-unsaturated/α-hetero) is 1. The number of aliphatic hydroxyl groups is 1. The Kier molecular flexibility index (Phi) is 8.72. The molecule has 226 valence electrons. The van der Waals surface area contributed by atoms with Crippen molar-refractivity contribution in [3.8, 4) is 17.2 Å². The maximum Gasteiger partial charge on any atom is 0.350 e. The summed E-state index contributed by atoms with van der Waals surface area (Å²) in [6.07, 6.45) is 1.44. The zero-order valence-corrected chi connectivity index (χ0v) is 25.6. The minimum Gasteiger partial charge on any atom is -0.507 e. The summed E-state index contributed by atoms with van der Waals surface area (Å²) in [4.78, 5) is 46.0. The number of rotatable bonds is 10. The van der Waals surface area contributed by atoms with Gasteiger partial charge in [-0.25, -0.2) is 9.78 Å². The van der Waals surface area contributed by atoms with E-state index in [9.17, 15) is 19.5 Å². The van der Waals surface area contributed by atoms with Gasteiger partial charge in [-0.2, -0.15) is 0 Å². The van der Waals surface area contributed by atoms with Crippen LogP contribution in [0.2, 0.25) is 0 Å². The number of carbonyl (C=O) groups is 3. The van der Waals surface area contributed by atoms with E-state index in [2.05, 4.69) is 4.98 Å². The van der Waals surface area contributed by atoms with Crippen LogP contribution in [0.4, 0.5) is 5.13 Å². The maximum atomic E-state index is 13.7. The fraction of sp³-hybridized carbons (Fsp3) is 0.375. The van der Waals surface area contributed by atoms with Gasteiger partial charge in [0.05, 0.1) is 37.1 Å². The van der Waals surface area contributed by atoms with E-state index in [1.807, 2.05) is 20.8 Å². The second-order valence-corrected chi connectivity index (χ2v) is 11.2. The lowest BCUT2D eigenvalue weighted by molar-refractivity contribution is -0.132. The molecule has 11 heteroatoms. The number of aromatic nitrogens is 1. The van der Waals surface area contributed by atoms with Crippen molar-refractivity contribution in [2.24, 2.45) is 0 Å². The number of hydrogen-bond donors (Lipinski definition) is 1. The Morgan fingerprint density at radius 3 is 2.60 bits per heavy atom. The number of esters is 1. The Hall–Kier alpha value is -4.38. The molecule has 1 amide bonds. The van der Waals surface area contributed by atoms with E-state index >= 15 is 0 Å². The van der Waals surface area contributed by atoms with E-state index < -0.39 is 23.7 Å². The number of anilines is 1. The Balaban J connectivity index is 1.68. The second kappa shape index (κ2) is 12.5. The molecule has 1 N–H and O–H groups in total. The van der Waals surface area contributed by atoms with E-state index in [1.165, 1.54) is 4.90 Å². The molecule has 0 radical (unpaired) electrons. The molecule has 0 spiro atoms. The van der Waals surface area contributed by atoms with Crippen molar-refractivity contribution in [1.82, 2.24) is 4.98 Å². The average molecular weight is 607 g/mol. The number of ketones is 1. The van der Waals surface area contributed by atoms with Crippen molar-refractivity contribution in [2.75, 3.05) is 24.7 Å². The minimum atomic E-state index is -1.07. The first-order valence-corrected chi connectivity index (χ1v) is 15.1. The quantitative estimate of drug-likeness (QED) is 0.133. The third-order valence-corrected chi connectivity index (χ3v) is 8.25. The van der Waals surface area contributed by atoms with Gasteiger partial charge in [-0.05, 0) is 75.6 Å². The SMILES string of the molecule is CCCOc1ccc([C@@H]2/C(=C(\O)c3ccc4c(c3)C[C@H](C)O4)C(=O)C(=O)N2c2nc(C)c(C(=O)OCC)s2)cc1OCC. The van der Waals surface area contributed by atoms with Gasteiger partial charge in [0.15, 0.2) is 16.6 Å². The fourth-order valence-electron chi connectivity index (χ4n) is 5.24. The van der Waals surface area contributed by atoms with E-state index in [1.54, 1.807) is 50.2 Å². The van der Waals surface area contributed by atoms with E-state index in [-0.39, 0.29) is 34.1 Å². The van der Waals surface area contributed by atoms with Gasteiger partial charge >= 0.3 is 11.9 Å². The molecule has 0 saturated carbocycles. The highest BCUT2D eigenvalue weighted by molar-refractivity contribution is 7.17. The lowest BCUT2D eigenvalue weighted by atomic mass is 9.94. The molecule has 2 aliphatic rings. The summed E-state index contributed by atoms with van der Waals surface area (Å²) in [5, 5.41) is 11.8. The van der Waals surface area contributed by atoms with Gasteiger partial charge in [0.25, 0.3) is 5.78 Å². The number of nitrogens with zero attached hydrogens (tertiary/aromatic N) is 2. The summed E-state index contributed by atoms with van der Waals surface area (Å²) in [6, 6.07) is 9.28. The predicted octanol–water partition coefficient (Wildman–Crippen LogP) is 5.77. The average Bonchev–Trinajstić information content (AvgIpc) is 3.63. The first kappa shape index (κ1) is 30.1. The van der Waals surface area contributed by atoms with Crippen molar-refractivity contribution in [2.45, 2.75) is 59.6 Å². The largest absolute Gasteiger partial charge is 0.507 e. The van der Waals surface area contributed by atoms with Crippen molar-refractivity contribution in [3.05, 3.63) is 69.2 Å². The number of ether oxygens (including phenoxy) is 4. The topological polar surface area (TPSA) is 124 Å². The summed E-state index contributed by atoms with van der Waals surface area (Å²) < 4.78 is 22.7. The summed E-state index contributed by atoms with van der Waals surface area (Å²) in [5.41, 5.74) is 2.04. The summed E-state index contributed by atoms with van der Waals surface area (Å²) in [7, 11) is 0. The number of carbonyl (C=O) groups excluding carboxylic acids is 3. The Labute approximate surface area is 253 Å². The van der Waals surface area contributed by atoms with Gasteiger partial charge in [0, 0.05) is 12.0 Å². The zero-order chi connectivity index (χ0) is 30.8.